The third kappa shape index (κ3) is 3.54. The highest BCUT2D eigenvalue weighted by Crippen LogP contribution is 2.39. The van der Waals surface area contributed by atoms with E-state index in [2.05, 4.69) is 21.4 Å². The number of nitrogens with zero attached hydrogens (tertiary/aromatic N) is 3. The normalized spacial score (nSPS) is 24.8. The van der Waals surface area contributed by atoms with Crippen molar-refractivity contribution in [2.24, 2.45) is 0 Å². The van der Waals surface area contributed by atoms with E-state index in [4.69, 9.17) is 4.74 Å². The molecule has 3 N–H and O–H groups in total. The smallest absolute Gasteiger partial charge is 0.140 e. The number of aryl methyl sites for hydroxylation is 1. The Morgan fingerprint density at radius 3 is 2.94 bits per heavy atom. The van der Waals surface area contributed by atoms with Crippen LogP contribution in [-0.4, -0.2) is 49.6 Å². The second kappa shape index (κ2) is 8.22. The highest BCUT2D eigenvalue weighted by atomic mass is 32.1. The van der Waals surface area contributed by atoms with Gasteiger partial charge in [-0.2, -0.15) is 0 Å². The average molecular weight is 463 g/mol. The number of benzene rings is 1. The molecule has 170 valence electrons. The molecule has 0 spiro atoms. The number of thiazole rings is 1. The van der Waals surface area contributed by atoms with Crippen LogP contribution in [0.5, 0.6) is 5.75 Å². The Kier molecular flexibility index (Phi) is 5.18. The molecule has 0 radical (unpaired) electrons. The van der Waals surface area contributed by atoms with Crippen LogP contribution in [0, 0.1) is 6.92 Å². The summed E-state index contributed by atoms with van der Waals surface area (Å²) in [4.78, 5) is 8.99. The molecule has 0 unspecified atom stereocenters. The zero-order valence-electron chi connectivity index (χ0n) is 18.3. The molecule has 4 heterocycles. The number of rotatable bonds is 4. The van der Waals surface area contributed by atoms with E-state index in [1.165, 1.54) is 5.56 Å². The molecule has 7 nitrogen and oxygen atoms in total. The largest absolute Gasteiger partial charge is 0.487 e. The summed E-state index contributed by atoms with van der Waals surface area (Å²) < 4.78 is 8.43. The molecule has 1 aromatic carbocycles. The Balaban J connectivity index is 1.33. The van der Waals surface area contributed by atoms with Crippen LogP contribution in [0.3, 0.4) is 0 Å². The first-order chi connectivity index (χ1) is 16.1. The predicted octanol–water partition coefficient (Wildman–Crippen LogP) is 3.23. The van der Waals surface area contributed by atoms with E-state index in [9.17, 15) is 10.2 Å². The van der Waals surface area contributed by atoms with Gasteiger partial charge in [-0.25, -0.2) is 9.97 Å². The van der Waals surface area contributed by atoms with Crippen LogP contribution in [0.25, 0.3) is 22.3 Å². The van der Waals surface area contributed by atoms with Gasteiger partial charge in [0.1, 0.15) is 29.7 Å². The topological polar surface area (TPSA) is 92.4 Å². The number of nitrogens with one attached hydrogen (secondary N) is 1. The van der Waals surface area contributed by atoms with E-state index in [-0.39, 0.29) is 6.04 Å². The lowest BCUT2D eigenvalue weighted by Gasteiger charge is -2.25. The van der Waals surface area contributed by atoms with Crippen LogP contribution in [-0.2, 0) is 13.0 Å². The second-order valence-corrected chi connectivity index (χ2v) is 9.66. The zero-order valence-corrected chi connectivity index (χ0v) is 19.1. The second-order valence-electron chi connectivity index (χ2n) is 8.94. The van der Waals surface area contributed by atoms with E-state index in [0.29, 0.717) is 6.42 Å². The Morgan fingerprint density at radius 1 is 1.18 bits per heavy atom. The van der Waals surface area contributed by atoms with E-state index in [1.54, 1.807) is 17.5 Å². The third-order valence-electron chi connectivity index (χ3n) is 6.97. The molecule has 0 saturated heterocycles. The third-order valence-corrected chi connectivity index (χ3v) is 7.56. The van der Waals surface area contributed by atoms with Crippen LogP contribution >= 0.6 is 11.3 Å². The number of fused-ring (bicyclic) bond motifs is 2. The lowest BCUT2D eigenvalue weighted by atomic mass is 9.96. The molecule has 4 atom stereocenters. The van der Waals surface area contributed by atoms with Crippen LogP contribution in [0.4, 0.5) is 0 Å². The maximum Gasteiger partial charge on any atom is 0.140 e. The molecular formula is C25H26N4O3S. The standard InChI is InChI=1S/C25H26N4O3S/c1-14-2-6-27-25-17(14)4-7-29(25)20-10-22(24(31)23(20)30)32-21-9-16(19-12-33-13-28-19)8-15-3-5-26-11-18(15)21/h2,4,6-9,12-13,20,22-24,26,30-31H,3,5,10-11H2,1H3/t20-,22+,23+,24-/m1/s1. The van der Waals surface area contributed by atoms with Crippen molar-refractivity contribution in [2.45, 2.75) is 50.7 Å². The first-order valence-electron chi connectivity index (χ1n) is 11.3. The molecule has 33 heavy (non-hydrogen) atoms. The lowest BCUT2D eigenvalue weighted by Crippen LogP contribution is -2.34. The zero-order chi connectivity index (χ0) is 22.5. The fourth-order valence-electron chi connectivity index (χ4n) is 5.15. The van der Waals surface area contributed by atoms with Gasteiger partial charge in [0.2, 0.25) is 0 Å². The molecule has 0 bridgehead atoms. The maximum atomic E-state index is 11.0. The minimum atomic E-state index is -0.993. The van der Waals surface area contributed by atoms with E-state index >= 15 is 0 Å². The molecule has 1 saturated carbocycles. The summed E-state index contributed by atoms with van der Waals surface area (Å²) >= 11 is 1.57. The summed E-state index contributed by atoms with van der Waals surface area (Å²) in [6, 6.07) is 7.90. The van der Waals surface area contributed by atoms with Gasteiger partial charge < -0.3 is 24.8 Å². The number of aromatic nitrogens is 3. The van der Waals surface area contributed by atoms with Gasteiger partial charge in [-0.15, -0.1) is 11.3 Å². The van der Waals surface area contributed by atoms with Crippen molar-refractivity contribution in [3.63, 3.8) is 0 Å². The highest BCUT2D eigenvalue weighted by molar-refractivity contribution is 7.07. The van der Waals surface area contributed by atoms with Gasteiger partial charge in [-0.1, -0.05) is 0 Å². The molecule has 4 aromatic rings. The van der Waals surface area contributed by atoms with Crippen LogP contribution in [0.1, 0.15) is 29.2 Å². The first-order valence-corrected chi connectivity index (χ1v) is 12.2. The molecule has 6 rings (SSSR count). The average Bonchev–Trinajstić information content (AvgIpc) is 3.56. The predicted molar refractivity (Wildman–Crippen MR) is 128 cm³/mol. The Bertz CT molecular complexity index is 1300. The van der Waals surface area contributed by atoms with Crippen molar-refractivity contribution >= 4 is 22.4 Å². The molecule has 1 aliphatic heterocycles. The molecule has 2 aliphatic rings. The van der Waals surface area contributed by atoms with E-state index < -0.39 is 18.3 Å². The van der Waals surface area contributed by atoms with Crippen LogP contribution < -0.4 is 10.1 Å². The van der Waals surface area contributed by atoms with Gasteiger partial charge in [0.15, 0.2) is 0 Å². The number of hydrogen-bond donors (Lipinski definition) is 3. The molecule has 0 amide bonds. The van der Waals surface area contributed by atoms with Crippen molar-refractivity contribution < 1.29 is 14.9 Å². The van der Waals surface area contributed by atoms with Crippen molar-refractivity contribution in [3.05, 3.63) is 64.2 Å². The first kappa shape index (κ1) is 20.8. The fraction of sp³-hybridized carbons (Fsp3) is 0.360. The summed E-state index contributed by atoms with van der Waals surface area (Å²) in [7, 11) is 0. The van der Waals surface area contributed by atoms with Crippen LogP contribution in [0.2, 0.25) is 0 Å². The van der Waals surface area contributed by atoms with Gasteiger partial charge in [0.25, 0.3) is 0 Å². The number of pyridine rings is 1. The van der Waals surface area contributed by atoms with E-state index in [0.717, 1.165) is 58.7 Å². The highest BCUT2D eigenvalue weighted by Gasteiger charge is 2.44. The summed E-state index contributed by atoms with van der Waals surface area (Å²) in [5.74, 6) is 0.755. The van der Waals surface area contributed by atoms with Crippen molar-refractivity contribution in [1.29, 1.82) is 0 Å². The monoisotopic (exact) mass is 462 g/mol. The number of aliphatic hydroxyl groups is 2. The minimum Gasteiger partial charge on any atom is -0.487 e. The van der Waals surface area contributed by atoms with Gasteiger partial charge in [0, 0.05) is 47.3 Å². The van der Waals surface area contributed by atoms with Crippen molar-refractivity contribution in [1.82, 2.24) is 19.9 Å². The van der Waals surface area contributed by atoms with Gasteiger partial charge in [0.05, 0.1) is 17.2 Å². The summed E-state index contributed by atoms with van der Waals surface area (Å²) in [5.41, 5.74) is 8.10. The lowest BCUT2D eigenvalue weighted by molar-refractivity contribution is -0.0166. The van der Waals surface area contributed by atoms with Gasteiger partial charge in [-0.3, -0.25) is 0 Å². The SMILES string of the molecule is Cc1ccnc2c1ccn2[C@@H]1C[C@H](Oc2cc(-c3cscn3)cc3c2CNCC3)[C@@H](O)[C@H]1O. The molecule has 8 heteroatoms. The Morgan fingerprint density at radius 2 is 2.09 bits per heavy atom. The maximum absolute atomic E-state index is 11.0. The minimum absolute atomic E-state index is 0.313. The van der Waals surface area contributed by atoms with Crippen molar-refractivity contribution in [3.8, 4) is 17.0 Å². The quantitative estimate of drug-likeness (QED) is 0.431. The number of aliphatic hydroxyl groups excluding tert-OH is 2. The van der Waals surface area contributed by atoms with Crippen LogP contribution in [0.15, 0.2) is 47.5 Å². The Labute approximate surface area is 195 Å². The summed E-state index contributed by atoms with van der Waals surface area (Å²) in [6.45, 7) is 3.70. The number of hydrogen-bond acceptors (Lipinski definition) is 7. The molecular weight excluding hydrogens is 436 g/mol. The fourth-order valence-corrected chi connectivity index (χ4v) is 5.72. The van der Waals surface area contributed by atoms with E-state index in [1.807, 2.05) is 46.8 Å². The Hall–Kier alpha value is -2.78. The molecule has 1 aliphatic carbocycles. The summed E-state index contributed by atoms with van der Waals surface area (Å²) in [6.07, 6.45) is 2.68. The molecule has 3 aromatic heterocycles. The molecule has 1 fully saturated rings. The van der Waals surface area contributed by atoms with Gasteiger partial charge in [-0.05, 0) is 55.3 Å². The summed E-state index contributed by atoms with van der Waals surface area (Å²) in [5, 5.41) is 28.4. The van der Waals surface area contributed by atoms with Gasteiger partial charge >= 0.3 is 0 Å². The van der Waals surface area contributed by atoms with Crippen molar-refractivity contribution in [2.75, 3.05) is 6.54 Å². The number of ether oxygens (including phenoxy) is 1.